The molecule has 0 aliphatic heterocycles. The molecule has 0 aromatic carbocycles. The molecule has 3 atom stereocenters. The van der Waals surface area contributed by atoms with Gasteiger partial charge in [0.25, 0.3) is 0 Å². The van der Waals surface area contributed by atoms with Crippen LogP contribution >= 0.6 is 0 Å². The first-order valence-corrected chi connectivity index (χ1v) is 8.50. The minimum absolute atomic E-state index is 0.594. The van der Waals surface area contributed by atoms with Crippen molar-refractivity contribution in [1.29, 1.82) is 0 Å². The fourth-order valence-electron chi connectivity index (χ4n) is 3.46. The monoisotopic (exact) mass is 254 g/mol. The van der Waals surface area contributed by atoms with Gasteiger partial charge in [-0.05, 0) is 30.1 Å². The second-order valence-electron chi connectivity index (χ2n) is 6.88. The van der Waals surface area contributed by atoms with E-state index in [1.165, 1.54) is 57.8 Å². The molecular formula is C18H38. The molecule has 0 aromatic rings. The van der Waals surface area contributed by atoms with E-state index < -0.39 is 0 Å². The van der Waals surface area contributed by atoms with Crippen molar-refractivity contribution in [2.45, 2.75) is 99.3 Å². The molecule has 0 radical (unpaired) electrons. The van der Waals surface area contributed by atoms with Crippen LogP contribution in [0.2, 0.25) is 0 Å². The van der Waals surface area contributed by atoms with Gasteiger partial charge in [0, 0.05) is 0 Å². The highest BCUT2D eigenvalue weighted by Gasteiger charge is 2.29. The van der Waals surface area contributed by atoms with Gasteiger partial charge in [-0.25, -0.2) is 0 Å². The van der Waals surface area contributed by atoms with Gasteiger partial charge >= 0.3 is 0 Å². The van der Waals surface area contributed by atoms with Gasteiger partial charge in [-0.3, -0.25) is 0 Å². The van der Waals surface area contributed by atoms with Gasteiger partial charge < -0.3 is 0 Å². The zero-order valence-corrected chi connectivity index (χ0v) is 14.0. The summed E-state index contributed by atoms with van der Waals surface area (Å²) in [6.45, 7) is 14.4. The largest absolute Gasteiger partial charge is 0.0654 e. The van der Waals surface area contributed by atoms with Gasteiger partial charge in [0.1, 0.15) is 0 Å². The Hall–Kier alpha value is 0. The van der Waals surface area contributed by atoms with Gasteiger partial charge in [0.15, 0.2) is 0 Å². The molecule has 0 aliphatic carbocycles. The van der Waals surface area contributed by atoms with Crippen LogP contribution in [0.3, 0.4) is 0 Å². The highest BCUT2D eigenvalue weighted by Crippen LogP contribution is 2.40. The molecule has 0 amide bonds. The fourth-order valence-corrected chi connectivity index (χ4v) is 3.46. The quantitative estimate of drug-likeness (QED) is 0.379. The predicted octanol–water partition coefficient (Wildman–Crippen LogP) is 6.84. The van der Waals surface area contributed by atoms with E-state index in [0.717, 1.165) is 11.8 Å². The third-order valence-corrected chi connectivity index (χ3v) is 4.96. The van der Waals surface area contributed by atoms with Crippen LogP contribution in [0.25, 0.3) is 0 Å². The fraction of sp³-hybridized carbons (Fsp3) is 1.00. The van der Waals surface area contributed by atoms with Crippen molar-refractivity contribution in [3.05, 3.63) is 0 Å². The van der Waals surface area contributed by atoms with Crippen molar-refractivity contribution < 1.29 is 0 Å². The van der Waals surface area contributed by atoms with Crippen LogP contribution in [0.15, 0.2) is 0 Å². The van der Waals surface area contributed by atoms with E-state index in [2.05, 4.69) is 41.5 Å². The molecule has 0 saturated carbocycles. The maximum Gasteiger partial charge on any atom is -0.0300 e. The molecule has 0 rings (SSSR count). The molecule has 0 bridgehead atoms. The van der Waals surface area contributed by atoms with E-state index in [1.807, 2.05) is 0 Å². The van der Waals surface area contributed by atoms with Crippen molar-refractivity contribution in [3.63, 3.8) is 0 Å². The number of hydrogen-bond donors (Lipinski definition) is 0. The minimum atomic E-state index is 0.594. The Balaban J connectivity index is 4.17. The first-order chi connectivity index (χ1) is 8.50. The van der Waals surface area contributed by atoms with Crippen molar-refractivity contribution in [2.75, 3.05) is 0 Å². The zero-order chi connectivity index (χ0) is 14.0. The minimum Gasteiger partial charge on any atom is -0.0654 e. The van der Waals surface area contributed by atoms with Gasteiger partial charge in [0.2, 0.25) is 0 Å². The van der Waals surface area contributed by atoms with E-state index in [1.54, 1.807) is 0 Å². The first-order valence-electron chi connectivity index (χ1n) is 8.50. The van der Waals surface area contributed by atoms with E-state index in [0.29, 0.717) is 5.41 Å². The normalized spacial score (nSPS) is 18.3. The number of rotatable bonds is 11. The summed E-state index contributed by atoms with van der Waals surface area (Å²) in [6.07, 6.45) is 12.6. The van der Waals surface area contributed by atoms with Crippen molar-refractivity contribution in [3.8, 4) is 0 Å². The molecule has 110 valence electrons. The topological polar surface area (TPSA) is 0 Å². The van der Waals surface area contributed by atoms with E-state index in [9.17, 15) is 0 Å². The summed E-state index contributed by atoms with van der Waals surface area (Å²) in [6, 6.07) is 0. The van der Waals surface area contributed by atoms with Crippen molar-refractivity contribution >= 4 is 0 Å². The summed E-state index contributed by atoms with van der Waals surface area (Å²) in [5, 5.41) is 0. The Morgan fingerprint density at radius 1 is 0.778 bits per heavy atom. The third kappa shape index (κ3) is 6.81. The first kappa shape index (κ1) is 18.0. The molecule has 0 nitrogen and oxygen atoms in total. The summed E-state index contributed by atoms with van der Waals surface area (Å²) in [5.74, 6) is 1.83. The summed E-state index contributed by atoms with van der Waals surface area (Å²) in [4.78, 5) is 0. The molecule has 0 heteroatoms. The van der Waals surface area contributed by atoms with Gasteiger partial charge in [0.05, 0.1) is 0 Å². The van der Waals surface area contributed by atoms with Crippen molar-refractivity contribution in [1.82, 2.24) is 0 Å². The van der Waals surface area contributed by atoms with Crippen LogP contribution < -0.4 is 0 Å². The Kier molecular flexibility index (Phi) is 9.87. The summed E-state index contributed by atoms with van der Waals surface area (Å²) in [5.41, 5.74) is 0.594. The molecule has 0 spiro atoms. The van der Waals surface area contributed by atoms with Crippen LogP contribution in [-0.2, 0) is 0 Å². The summed E-state index contributed by atoms with van der Waals surface area (Å²) in [7, 11) is 0. The summed E-state index contributed by atoms with van der Waals surface area (Å²) >= 11 is 0. The Morgan fingerprint density at radius 3 is 1.89 bits per heavy atom. The lowest BCUT2D eigenvalue weighted by Crippen LogP contribution is -2.25. The lowest BCUT2D eigenvalue weighted by Gasteiger charge is -2.36. The second kappa shape index (κ2) is 9.87. The Bertz CT molecular complexity index is 184. The average molecular weight is 255 g/mol. The Morgan fingerprint density at radius 2 is 1.39 bits per heavy atom. The highest BCUT2D eigenvalue weighted by atomic mass is 14.3. The molecule has 0 fully saturated rings. The molecule has 0 saturated heterocycles. The van der Waals surface area contributed by atoms with E-state index in [4.69, 9.17) is 0 Å². The Labute approximate surface area is 117 Å². The van der Waals surface area contributed by atoms with Crippen LogP contribution in [-0.4, -0.2) is 0 Å². The maximum absolute atomic E-state index is 2.54. The molecule has 0 aliphatic rings. The predicted molar refractivity (Wildman–Crippen MR) is 85.0 cm³/mol. The smallest absolute Gasteiger partial charge is 0.0300 e. The van der Waals surface area contributed by atoms with Gasteiger partial charge in [-0.2, -0.15) is 0 Å². The van der Waals surface area contributed by atoms with E-state index in [-0.39, 0.29) is 0 Å². The summed E-state index contributed by atoms with van der Waals surface area (Å²) < 4.78 is 0. The molecule has 3 unspecified atom stereocenters. The average Bonchev–Trinajstić information content (AvgIpc) is 2.30. The number of hydrogen-bond acceptors (Lipinski definition) is 0. The standard InChI is InChI=1S/C18H38/c1-7-11-16(4)13-10-15-18(6,14-9-3)17(5)12-8-2/h16-17H,7-15H2,1-6H3. The lowest BCUT2D eigenvalue weighted by molar-refractivity contribution is 0.147. The van der Waals surface area contributed by atoms with Crippen LogP contribution in [0.1, 0.15) is 99.3 Å². The SMILES string of the molecule is CCCC(C)CCCC(C)(CCC)C(C)CCC. The maximum atomic E-state index is 2.54. The van der Waals surface area contributed by atoms with Crippen molar-refractivity contribution in [2.24, 2.45) is 17.3 Å². The second-order valence-corrected chi connectivity index (χ2v) is 6.88. The van der Waals surface area contributed by atoms with Gasteiger partial charge in [-0.15, -0.1) is 0 Å². The molecule has 0 N–H and O–H groups in total. The van der Waals surface area contributed by atoms with Crippen LogP contribution in [0, 0.1) is 17.3 Å². The zero-order valence-electron chi connectivity index (χ0n) is 14.0. The van der Waals surface area contributed by atoms with Gasteiger partial charge in [-0.1, -0.05) is 86.5 Å². The molecule has 0 heterocycles. The third-order valence-electron chi connectivity index (χ3n) is 4.96. The molecular weight excluding hydrogens is 216 g/mol. The van der Waals surface area contributed by atoms with Crippen LogP contribution in [0.4, 0.5) is 0 Å². The molecule has 0 aromatic heterocycles. The highest BCUT2D eigenvalue weighted by molar-refractivity contribution is 4.80. The van der Waals surface area contributed by atoms with E-state index >= 15 is 0 Å². The molecule has 18 heavy (non-hydrogen) atoms. The lowest BCUT2D eigenvalue weighted by atomic mass is 9.69. The van der Waals surface area contributed by atoms with Crippen LogP contribution in [0.5, 0.6) is 0 Å².